The number of amides is 4. The first-order valence-electron chi connectivity index (χ1n) is 9.48. The monoisotopic (exact) mass is 375 g/mol. The number of ether oxygens (including phenoxy) is 1. The Hall–Kier alpha value is -2.57. The van der Waals surface area contributed by atoms with Gasteiger partial charge in [-0.15, -0.1) is 0 Å². The number of benzene rings is 1. The van der Waals surface area contributed by atoms with E-state index in [9.17, 15) is 14.4 Å². The summed E-state index contributed by atoms with van der Waals surface area (Å²) in [5.74, 6) is -0.284. The van der Waals surface area contributed by atoms with E-state index in [-0.39, 0.29) is 12.5 Å². The van der Waals surface area contributed by atoms with Gasteiger partial charge >= 0.3 is 6.03 Å². The molecule has 7 heteroatoms. The number of nitrogens with one attached hydrogen (secondary N) is 2. The number of methoxy groups -OCH3 is 1. The van der Waals surface area contributed by atoms with Gasteiger partial charge in [0.2, 0.25) is 5.91 Å². The number of nitrogens with zero attached hydrogens (tertiary/aromatic N) is 1. The van der Waals surface area contributed by atoms with Gasteiger partial charge in [-0.25, -0.2) is 4.79 Å². The molecule has 1 aromatic carbocycles. The normalized spacial score (nSPS) is 19.1. The number of hydrogen-bond acceptors (Lipinski definition) is 4. The molecule has 0 spiro atoms. The van der Waals surface area contributed by atoms with Gasteiger partial charge in [0.05, 0.1) is 12.8 Å². The molecule has 0 saturated carbocycles. The van der Waals surface area contributed by atoms with Crippen LogP contribution < -0.4 is 15.4 Å². The van der Waals surface area contributed by atoms with Crippen LogP contribution in [0, 0.1) is 0 Å². The van der Waals surface area contributed by atoms with E-state index in [0.717, 1.165) is 30.6 Å². The van der Waals surface area contributed by atoms with Crippen molar-refractivity contribution in [3.63, 3.8) is 0 Å². The highest BCUT2D eigenvalue weighted by Gasteiger charge is 2.47. The molecule has 0 bridgehead atoms. The van der Waals surface area contributed by atoms with Crippen molar-refractivity contribution in [1.82, 2.24) is 10.2 Å². The third kappa shape index (κ3) is 5.21. The third-order valence-corrected chi connectivity index (χ3v) is 4.81. The van der Waals surface area contributed by atoms with Crippen LogP contribution in [0.4, 0.5) is 10.5 Å². The molecule has 148 valence electrons. The van der Waals surface area contributed by atoms with Crippen molar-refractivity contribution < 1.29 is 19.1 Å². The summed E-state index contributed by atoms with van der Waals surface area (Å²) < 4.78 is 5.19. The van der Waals surface area contributed by atoms with Gasteiger partial charge in [0.1, 0.15) is 17.8 Å². The maximum absolute atomic E-state index is 12.7. The van der Waals surface area contributed by atoms with Crippen LogP contribution in [0.25, 0.3) is 0 Å². The predicted octanol–water partition coefficient (Wildman–Crippen LogP) is 3.30. The zero-order valence-corrected chi connectivity index (χ0v) is 16.3. The Morgan fingerprint density at radius 3 is 2.59 bits per heavy atom. The van der Waals surface area contributed by atoms with Crippen molar-refractivity contribution in [2.45, 2.75) is 57.9 Å². The lowest BCUT2D eigenvalue weighted by Gasteiger charge is -2.21. The standard InChI is InChI=1S/C20H29N3O4/c1-4-5-6-7-10-13-20(2)18(25)23(19(26)22-20)14-17(24)21-15-11-8-9-12-16(15)27-3/h8-9,11-12H,4-7,10,13-14H2,1-3H3,(H,21,24)(H,22,26)/t20-/m0/s1. The second-order valence-corrected chi connectivity index (χ2v) is 7.07. The fraction of sp³-hybridized carbons (Fsp3) is 0.550. The fourth-order valence-corrected chi connectivity index (χ4v) is 3.22. The molecular weight excluding hydrogens is 346 g/mol. The SMILES string of the molecule is CCCCCCC[C@]1(C)NC(=O)N(CC(=O)Nc2ccccc2OC)C1=O. The Kier molecular flexibility index (Phi) is 7.21. The Bertz CT molecular complexity index is 692. The van der Waals surface area contributed by atoms with Gasteiger partial charge in [-0.2, -0.15) is 0 Å². The Labute approximate surface area is 160 Å². The van der Waals surface area contributed by atoms with Gasteiger partial charge in [-0.3, -0.25) is 14.5 Å². The zero-order chi connectivity index (χ0) is 19.9. The minimum Gasteiger partial charge on any atom is -0.495 e. The highest BCUT2D eigenvalue weighted by Crippen LogP contribution is 2.25. The minimum absolute atomic E-state index is 0.325. The molecular formula is C20H29N3O4. The van der Waals surface area contributed by atoms with Crippen molar-refractivity contribution in [1.29, 1.82) is 0 Å². The summed E-state index contributed by atoms with van der Waals surface area (Å²) in [5.41, 5.74) is -0.440. The number of hydrogen-bond donors (Lipinski definition) is 2. The van der Waals surface area contributed by atoms with Crippen molar-refractivity contribution in [3.8, 4) is 5.75 Å². The average molecular weight is 375 g/mol. The van der Waals surface area contributed by atoms with Crippen molar-refractivity contribution in [3.05, 3.63) is 24.3 Å². The Balaban J connectivity index is 1.93. The van der Waals surface area contributed by atoms with E-state index >= 15 is 0 Å². The van der Waals surface area contributed by atoms with Gasteiger partial charge in [-0.05, 0) is 25.5 Å². The number of anilines is 1. The lowest BCUT2D eigenvalue weighted by molar-refractivity contribution is -0.133. The van der Waals surface area contributed by atoms with E-state index in [2.05, 4.69) is 17.6 Å². The van der Waals surface area contributed by atoms with E-state index in [1.807, 2.05) is 0 Å². The molecule has 4 amide bonds. The van der Waals surface area contributed by atoms with Gasteiger partial charge < -0.3 is 15.4 Å². The summed E-state index contributed by atoms with van der Waals surface area (Å²) in [5, 5.41) is 5.43. The molecule has 2 rings (SSSR count). The summed E-state index contributed by atoms with van der Waals surface area (Å²) in [6.07, 6.45) is 5.92. The van der Waals surface area contributed by atoms with Crippen LogP contribution >= 0.6 is 0 Å². The van der Waals surface area contributed by atoms with Gasteiger partial charge in [0, 0.05) is 0 Å². The van der Waals surface area contributed by atoms with Gasteiger partial charge in [0.25, 0.3) is 5.91 Å². The van der Waals surface area contributed by atoms with E-state index < -0.39 is 17.5 Å². The number of carbonyl (C=O) groups excluding carboxylic acids is 3. The summed E-state index contributed by atoms with van der Waals surface area (Å²) in [6, 6.07) is 6.45. The van der Waals surface area contributed by atoms with Crippen LogP contribution in [-0.2, 0) is 9.59 Å². The third-order valence-electron chi connectivity index (χ3n) is 4.81. The van der Waals surface area contributed by atoms with Crippen LogP contribution in [0.1, 0.15) is 52.4 Å². The number of rotatable bonds is 10. The lowest BCUT2D eigenvalue weighted by atomic mass is 9.94. The predicted molar refractivity (Wildman–Crippen MR) is 104 cm³/mol. The topological polar surface area (TPSA) is 87.7 Å². The van der Waals surface area contributed by atoms with Crippen LogP contribution in [-0.4, -0.2) is 41.9 Å². The lowest BCUT2D eigenvalue weighted by Crippen LogP contribution is -2.44. The van der Waals surface area contributed by atoms with E-state index in [1.165, 1.54) is 13.5 Å². The molecule has 7 nitrogen and oxygen atoms in total. The molecule has 0 aromatic heterocycles. The molecule has 1 aromatic rings. The van der Waals surface area contributed by atoms with Crippen LogP contribution in [0.2, 0.25) is 0 Å². The summed E-state index contributed by atoms with van der Waals surface area (Å²) in [6.45, 7) is 3.55. The summed E-state index contributed by atoms with van der Waals surface area (Å²) in [4.78, 5) is 38.3. The molecule has 27 heavy (non-hydrogen) atoms. The second-order valence-electron chi connectivity index (χ2n) is 7.07. The zero-order valence-electron chi connectivity index (χ0n) is 16.3. The minimum atomic E-state index is -0.936. The first kappa shape index (κ1) is 20.7. The molecule has 1 aliphatic heterocycles. The second kappa shape index (κ2) is 9.39. The van der Waals surface area contributed by atoms with Crippen LogP contribution in [0.5, 0.6) is 5.75 Å². The highest BCUT2D eigenvalue weighted by molar-refractivity contribution is 6.10. The first-order chi connectivity index (χ1) is 12.9. The fourth-order valence-electron chi connectivity index (χ4n) is 3.22. The number of urea groups is 1. The largest absolute Gasteiger partial charge is 0.495 e. The molecule has 0 aliphatic carbocycles. The van der Waals surface area contributed by atoms with E-state index in [0.29, 0.717) is 17.9 Å². The Morgan fingerprint density at radius 2 is 1.89 bits per heavy atom. The molecule has 1 fully saturated rings. The van der Waals surface area contributed by atoms with E-state index in [1.54, 1.807) is 31.2 Å². The molecule has 0 unspecified atom stereocenters. The number of imide groups is 1. The molecule has 1 heterocycles. The van der Waals surface area contributed by atoms with Crippen LogP contribution in [0.15, 0.2) is 24.3 Å². The quantitative estimate of drug-likeness (QED) is 0.485. The number of para-hydroxylation sites is 2. The van der Waals surface area contributed by atoms with Crippen molar-refractivity contribution in [2.75, 3.05) is 19.0 Å². The number of carbonyl (C=O) groups is 3. The maximum atomic E-state index is 12.7. The maximum Gasteiger partial charge on any atom is 0.325 e. The van der Waals surface area contributed by atoms with Crippen molar-refractivity contribution >= 4 is 23.5 Å². The first-order valence-corrected chi connectivity index (χ1v) is 9.48. The molecule has 1 atom stereocenters. The van der Waals surface area contributed by atoms with Gasteiger partial charge in [0.15, 0.2) is 0 Å². The van der Waals surface area contributed by atoms with Crippen molar-refractivity contribution in [2.24, 2.45) is 0 Å². The van der Waals surface area contributed by atoms with E-state index in [4.69, 9.17) is 4.74 Å². The van der Waals surface area contributed by atoms with Crippen LogP contribution in [0.3, 0.4) is 0 Å². The smallest absolute Gasteiger partial charge is 0.325 e. The highest BCUT2D eigenvalue weighted by atomic mass is 16.5. The molecule has 1 aliphatic rings. The van der Waals surface area contributed by atoms with Gasteiger partial charge in [-0.1, -0.05) is 51.2 Å². The molecule has 2 N–H and O–H groups in total. The summed E-state index contributed by atoms with van der Waals surface area (Å²) >= 11 is 0. The average Bonchev–Trinajstić information content (AvgIpc) is 2.85. The Morgan fingerprint density at radius 1 is 1.19 bits per heavy atom. The summed E-state index contributed by atoms with van der Waals surface area (Å²) in [7, 11) is 1.51. The molecule has 0 radical (unpaired) electrons. The number of unbranched alkanes of at least 4 members (excludes halogenated alkanes) is 4. The molecule has 1 saturated heterocycles.